The molecule has 0 heterocycles. The summed E-state index contributed by atoms with van der Waals surface area (Å²) in [6.07, 6.45) is 0. The first-order chi connectivity index (χ1) is 23.7. The standard InChI is InChI=1S/C30H21N5O12S4.4Na/c31-23-9-10-25(20-4-2-6-28(30(20)23)50(42,43)44)34-35-26-12-11-24(18-8-7-17(15-21(18)26)48(36,37)38)33-32-16-13-22-19(29(14-16)51(45,46)47)3-1-5-27(22)49(39,40)41;;;;/h1-15H,31H2,(H,36,37,38)(H,39,40,41)(H,42,43,44)(H,45,46,47);;;;/q;4*+1/p-4. The third kappa shape index (κ3) is 10.9. The van der Waals surface area contributed by atoms with Gasteiger partial charge in [0.05, 0.1) is 42.3 Å². The van der Waals surface area contributed by atoms with Gasteiger partial charge in [-0.05, 0) is 60.7 Å². The first-order valence-corrected chi connectivity index (χ1v) is 19.5. The molecule has 0 radical (unpaired) electrons. The first kappa shape index (κ1) is 49.9. The largest absolute Gasteiger partial charge is 1.00 e. The molecule has 262 valence electrons. The van der Waals surface area contributed by atoms with Crippen LogP contribution in [0.15, 0.2) is 131 Å². The summed E-state index contributed by atoms with van der Waals surface area (Å²) in [5, 5.41) is 15.8. The molecule has 0 aliphatic rings. The summed E-state index contributed by atoms with van der Waals surface area (Å²) < 4.78 is 143. The number of nitrogen functional groups attached to an aromatic ring is 1. The van der Waals surface area contributed by atoms with Gasteiger partial charge in [-0.3, -0.25) is 0 Å². The molecular formula is C30H17N5Na4O12S4. The van der Waals surface area contributed by atoms with E-state index in [4.69, 9.17) is 5.73 Å². The van der Waals surface area contributed by atoms with Crippen LogP contribution < -0.4 is 124 Å². The van der Waals surface area contributed by atoms with Crippen LogP contribution in [0.5, 0.6) is 0 Å². The van der Waals surface area contributed by atoms with Crippen LogP contribution in [-0.2, 0) is 40.5 Å². The van der Waals surface area contributed by atoms with Crippen LogP contribution >= 0.6 is 0 Å². The topological polar surface area (TPSA) is 304 Å². The van der Waals surface area contributed by atoms with Crippen molar-refractivity contribution in [2.75, 3.05) is 5.73 Å². The van der Waals surface area contributed by atoms with E-state index in [0.29, 0.717) is 0 Å². The van der Waals surface area contributed by atoms with Gasteiger partial charge in [0.2, 0.25) is 0 Å². The molecule has 17 nitrogen and oxygen atoms in total. The Bertz CT molecular complexity index is 3010. The van der Waals surface area contributed by atoms with E-state index < -0.39 is 65.4 Å². The van der Waals surface area contributed by atoms with Crippen LogP contribution in [0, 0.1) is 0 Å². The van der Waals surface area contributed by atoms with E-state index in [0.717, 1.165) is 48.5 Å². The molecule has 6 aromatic rings. The molecule has 0 aliphatic heterocycles. The van der Waals surface area contributed by atoms with Gasteiger partial charge >= 0.3 is 118 Å². The zero-order chi connectivity index (χ0) is 37.1. The minimum Gasteiger partial charge on any atom is -0.744 e. The molecule has 0 aliphatic carbocycles. The average molecular weight is 860 g/mol. The van der Waals surface area contributed by atoms with Gasteiger partial charge in [-0.1, -0.05) is 30.3 Å². The van der Waals surface area contributed by atoms with Gasteiger partial charge in [-0.25, -0.2) is 33.7 Å². The maximum Gasteiger partial charge on any atom is 1.00 e. The Balaban J connectivity index is 0.00000261. The van der Waals surface area contributed by atoms with Crippen LogP contribution in [0.2, 0.25) is 0 Å². The number of fused-ring (bicyclic) bond motifs is 3. The summed E-state index contributed by atoms with van der Waals surface area (Å²) in [4.78, 5) is -2.93. The minimum atomic E-state index is -5.22. The molecule has 2 N–H and O–H groups in total. The number of nitrogens with zero attached hydrogens (tertiary/aromatic N) is 4. The van der Waals surface area contributed by atoms with Crippen LogP contribution in [0.1, 0.15) is 0 Å². The number of anilines is 1. The van der Waals surface area contributed by atoms with E-state index >= 15 is 0 Å². The van der Waals surface area contributed by atoms with E-state index in [1.165, 1.54) is 42.5 Å². The molecule has 0 spiro atoms. The summed E-state index contributed by atoms with van der Waals surface area (Å²) in [7, 11) is -20.3. The third-order valence-electron chi connectivity index (χ3n) is 7.49. The number of rotatable bonds is 8. The maximum atomic E-state index is 12.1. The van der Waals surface area contributed by atoms with Gasteiger partial charge in [-0.15, -0.1) is 15.3 Å². The van der Waals surface area contributed by atoms with Crippen molar-refractivity contribution in [2.24, 2.45) is 20.5 Å². The van der Waals surface area contributed by atoms with Crippen LogP contribution in [-0.4, -0.2) is 51.9 Å². The van der Waals surface area contributed by atoms with E-state index in [1.54, 1.807) is 0 Å². The first-order valence-electron chi connectivity index (χ1n) is 13.9. The zero-order valence-electron chi connectivity index (χ0n) is 29.1. The van der Waals surface area contributed by atoms with E-state index in [2.05, 4.69) is 20.5 Å². The van der Waals surface area contributed by atoms with Gasteiger partial charge < -0.3 is 23.9 Å². The summed E-state index contributed by atoms with van der Waals surface area (Å²) in [6, 6.07) is 17.3. The maximum absolute atomic E-state index is 12.1. The SMILES string of the molecule is Nc1ccc(N=Nc2ccc(N=Nc3cc(S(=O)(=O)[O-])c4cccc(S(=O)(=O)[O-])c4c3)c3ccc(S(=O)(=O)[O-])cc23)c2cccc(S(=O)(=O)[O-])c12.[Na+].[Na+].[Na+].[Na+]. The molecule has 0 fully saturated rings. The fraction of sp³-hybridized carbons (Fsp3) is 0. The van der Waals surface area contributed by atoms with E-state index in [-0.39, 0.29) is 174 Å². The van der Waals surface area contributed by atoms with Crippen LogP contribution in [0.25, 0.3) is 32.3 Å². The molecule has 25 heteroatoms. The summed E-state index contributed by atoms with van der Waals surface area (Å²) in [5.74, 6) is 0. The van der Waals surface area contributed by atoms with Gasteiger partial charge in [0.15, 0.2) is 0 Å². The normalized spacial score (nSPS) is 12.3. The molecule has 0 saturated carbocycles. The third-order valence-corrected chi connectivity index (χ3v) is 11.0. The predicted molar refractivity (Wildman–Crippen MR) is 176 cm³/mol. The molecular weight excluding hydrogens is 843 g/mol. The van der Waals surface area contributed by atoms with Crippen molar-refractivity contribution >= 4 is 101 Å². The van der Waals surface area contributed by atoms with Crippen molar-refractivity contribution in [2.45, 2.75) is 19.6 Å². The Morgan fingerprint density at radius 2 is 0.909 bits per heavy atom. The second kappa shape index (κ2) is 18.8. The number of hydrogen-bond acceptors (Lipinski definition) is 17. The van der Waals surface area contributed by atoms with Crippen molar-refractivity contribution < 1.29 is 170 Å². The molecule has 0 bridgehead atoms. The van der Waals surface area contributed by atoms with Crippen LogP contribution in [0.3, 0.4) is 0 Å². The molecule has 0 amide bonds. The van der Waals surface area contributed by atoms with Crippen LogP contribution in [0.4, 0.5) is 28.4 Å². The van der Waals surface area contributed by atoms with Gasteiger partial charge in [0.1, 0.15) is 40.5 Å². The van der Waals surface area contributed by atoms with Crippen molar-refractivity contribution in [3.05, 3.63) is 91.0 Å². The van der Waals surface area contributed by atoms with Crippen molar-refractivity contribution in [3.8, 4) is 0 Å². The van der Waals surface area contributed by atoms with Gasteiger partial charge in [0, 0.05) is 38.0 Å². The Morgan fingerprint density at radius 1 is 0.418 bits per heavy atom. The number of benzene rings is 6. The fourth-order valence-electron chi connectivity index (χ4n) is 5.32. The molecule has 0 saturated heterocycles. The Kier molecular flexibility index (Phi) is 17.0. The smallest absolute Gasteiger partial charge is 0.744 e. The quantitative estimate of drug-likeness (QED) is 0.0645. The predicted octanol–water partition coefficient (Wildman–Crippen LogP) is -6.81. The zero-order valence-corrected chi connectivity index (χ0v) is 40.3. The number of hydrogen-bond donors (Lipinski definition) is 1. The molecule has 55 heavy (non-hydrogen) atoms. The summed E-state index contributed by atoms with van der Waals surface area (Å²) >= 11 is 0. The number of azo groups is 2. The molecule has 6 aromatic carbocycles. The fourth-order valence-corrected chi connectivity index (χ4v) is 7.93. The van der Waals surface area contributed by atoms with Crippen molar-refractivity contribution in [1.29, 1.82) is 0 Å². The monoisotopic (exact) mass is 859 g/mol. The summed E-state index contributed by atoms with van der Waals surface area (Å²) in [5.41, 5.74) is 5.61. The molecule has 6 rings (SSSR count). The second-order valence-corrected chi connectivity index (χ2v) is 16.1. The molecule has 0 unspecified atom stereocenters. The van der Waals surface area contributed by atoms with Gasteiger partial charge in [0.25, 0.3) is 0 Å². The Labute approximate surface area is 402 Å². The van der Waals surface area contributed by atoms with Crippen molar-refractivity contribution in [1.82, 2.24) is 0 Å². The van der Waals surface area contributed by atoms with Gasteiger partial charge in [-0.2, -0.15) is 5.11 Å². The van der Waals surface area contributed by atoms with E-state index in [1.807, 2.05) is 0 Å². The molecule has 0 atom stereocenters. The minimum absolute atomic E-state index is 0. The van der Waals surface area contributed by atoms with Crippen molar-refractivity contribution in [3.63, 3.8) is 0 Å². The Hall–Kier alpha value is -1.26. The van der Waals surface area contributed by atoms with E-state index in [9.17, 15) is 51.9 Å². The second-order valence-electron chi connectivity index (χ2n) is 10.7. The number of nitrogens with two attached hydrogens (primary N) is 1. The molecule has 0 aromatic heterocycles. The average Bonchev–Trinajstić information content (AvgIpc) is 3.04. The Morgan fingerprint density at radius 3 is 1.47 bits per heavy atom. The summed E-state index contributed by atoms with van der Waals surface area (Å²) in [6.45, 7) is 0.